The molecule has 2 saturated heterocycles. The molecule has 3 aromatic rings. The fraction of sp³-hybridized carbons (Fsp3) is 0.440. The first-order valence-corrected chi connectivity index (χ1v) is 11.2. The van der Waals surface area contributed by atoms with Gasteiger partial charge >= 0.3 is 0 Å². The summed E-state index contributed by atoms with van der Waals surface area (Å²) in [6.07, 6.45) is 2.46. The van der Waals surface area contributed by atoms with Gasteiger partial charge in [-0.25, -0.2) is 0 Å². The summed E-state index contributed by atoms with van der Waals surface area (Å²) in [5, 5.41) is 15.1. The van der Waals surface area contributed by atoms with Gasteiger partial charge in [0.2, 0.25) is 0 Å². The Morgan fingerprint density at radius 3 is 2.47 bits per heavy atom. The lowest BCUT2D eigenvalue weighted by Crippen LogP contribution is -2.34. The molecule has 3 fully saturated rings. The molecular formula is C25H28N4O. The van der Waals surface area contributed by atoms with Crippen molar-refractivity contribution >= 4 is 16.6 Å². The Balaban J connectivity index is 1.05. The van der Waals surface area contributed by atoms with E-state index in [0.29, 0.717) is 6.04 Å². The lowest BCUT2D eigenvalue weighted by Gasteiger charge is -2.28. The number of benzene rings is 2. The fourth-order valence-corrected chi connectivity index (χ4v) is 5.35. The van der Waals surface area contributed by atoms with E-state index in [9.17, 15) is 0 Å². The first kappa shape index (κ1) is 18.3. The summed E-state index contributed by atoms with van der Waals surface area (Å²) in [6, 6.07) is 19.6. The van der Waals surface area contributed by atoms with E-state index in [4.69, 9.17) is 4.74 Å². The van der Waals surface area contributed by atoms with Gasteiger partial charge in [-0.1, -0.05) is 36.4 Å². The third-order valence-electron chi connectivity index (χ3n) is 7.15. The van der Waals surface area contributed by atoms with Gasteiger partial charge in [0.15, 0.2) is 0 Å². The summed E-state index contributed by atoms with van der Waals surface area (Å²) in [7, 11) is 0. The summed E-state index contributed by atoms with van der Waals surface area (Å²) in [4.78, 5) is 2.66. The van der Waals surface area contributed by atoms with Gasteiger partial charge < -0.3 is 15.0 Å². The van der Waals surface area contributed by atoms with Crippen LogP contribution in [0.2, 0.25) is 0 Å². The van der Waals surface area contributed by atoms with Gasteiger partial charge in [0.25, 0.3) is 0 Å². The molecule has 1 N–H and O–H groups in total. The number of nitrogens with zero attached hydrogens (tertiary/aromatic N) is 3. The molecule has 0 spiro atoms. The van der Waals surface area contributed by atoms with Gasteiger partial charge in [-0.15, -0.1) is 10.2 Å². The largest absolute Gasteiger partial charge is 0.381 e. The minimum absolute atomic E-state index is 0.566. The highest BCUT2D eigenvalue weighted by molar-refractivity contribution is 5.86. The maximum atomic E-state index is 5.49. The molecule has 1 unspecified atom stereocenters. The normalized spacial score (nSPS) is 26.6. The minimum Gasteiger partial charge on any atom is -0.381 e. The van der Waals surface area contributed by atoms with Crippen LogP contribution in [0.3, 0.4) is 0 Å². The van der Waals surface area contributed by atoms with Crippen LogP contribution in [0.5, 0.6) is 0 Å². The molecule has 2 aliphatic heterocycles. The zero-order chi connectivity index (χ0) is 19.9. The van der Waals surface area contributed by atoms with Crippen molar-refractivity contribution in [1.29, 1.82) is 0 Å². The van der Waals surface area contributed by atoms with Crippen molar-refractivity contribution in [2.24, 2.45) is 17.8 Å². The Labute approximate surface area is 177 Å². The monoisotopic (exact) mass is 400 g/mol. The smallest absolute Gasteiger partial charge is 0.148 e. The van der Waals surface area contributed by atoms with E-state index in [2.05, 4.69) is 75.0 Å². The third kappa shape index (κ3) is 3.57. The standard InChI is InChI=1S/C25H28N4O/c1-2-4-19-13-20(6-5-18(19)3-1)23-7-8-24(28-27-23)26-25-21-15-29(16-22(21)25)14-17-9-11-30-12-10-17/h1-8,13,17,21-22,25H,9-12,14-16H2,(H,26,28)/t21-,22+,25?. The van der Waals surface area contributed by atoms with Crippen molar-refractivity contribution in [3.63, 3.8) is 0 Å². The molecule has 3 atom stereocenters. The van der Waals surface area contributed by atoms with Gasteiger partial charge in [-0.2, -0.15) is 0 Å². The Bertz CT molecular complexity index is 1020. The SMILES string of the molecule is c1ccc2cc(-c3ccc(NC4[C@H]5CN(CC6CCOCC6)C[C@@H]45)nn3)ccc2c1. The van der Waals surface area contributed by atoms with Crippen LogP contribution in [0.25, 0.3) is 22.0 Å². The van der Waals surface area contributed by atoms with E-state index in [-0.39, 0.29) is 0 Å². The third-order valence-corrected chi connectivity index (χ3v) is 7.15. The molecule has 154 valence electrons. The first-order valence-electron chi connectivity index (χ1n) is 11.2. The highest BCUT2D eigenvalue weighted by Crippen LogP contribution is 2.47. The summed E-state index contributed by atoms with van der Waals surface area (Å²) >= 11 is 0. The maximum absolute atomic E-state index is 5.49. The molecule has 1 aromatic heterocycles. The van der Waals surface area contributed by atoms with Crippen molar-refractivity contribution in [3.05, 3.63) is 54.6 Å². The van der Waals surface area contributed by atoms with Crippen molar-refractivity contribution in [1.82, 2.24) is 15.1 Å². The van der Waals surface area contributed by atoms with E-state index >= 15 is 0 Å². The van der Waals surface area contributed by atoms with E-state index in [0.717, 1.165) is 48.0 Å². The Morgan fingerprint density at radius 1 is 0.900 bits per heavy atom. The number of hydrogen-bond acceptors (Lipinski definition) is 5. The van der Waals surface area contributed by atoms with Crippen molar-refractivity contribution in [3.8, 4) is 11.3 Å². The molecule has 0 amide bonds. The molecule has 1 aliphatic carbocycles. The average molecular weight is 401 g/mol. The number of piperidine rings is 1. The minimum atomic E-state index is 0.566. The van der Waals surface area contributed by atoms with Gasteiger partial charge in [0.05, 0.1) is 5.69 Å². The number of hydrogen-bond donors (Lipinski definition) is 1. The topological polar surface area (TPSA) is 50.3 Å². The summed E-state index contributed by atoms with van der Waals surface area (Å²) in [5.41, 5.74) is 2.03. The van der Waals surface area contributed by atoms with Gasteiger partial charge in [-0.3, -0.25) is 0 Å². The van der Waals surface area contributed by atoms with E-state index in [1.807, 2.05) is 0 Å². The molecule has 1 saturated carbocycles. The molecule has 2 aromatic carbocycles. The van der Waals surface area contributed by atoms with Gasteiger partial charge in [0, 0.05) is 44.5 Å². The van der Waals surface area contributed by atoms with Crippen LogP contribution < -0.4 is 5.32 Å². The van der Waals surface area contributed by atoms with Crippen LogP contribution in [0.1, 0.15) is 12.8 Å². The highest BCUT2D eigenvalue weighted by Gasteiger charge is 2.55. The first-order chi connectivity index (χ1) is 14.8. The molecule has 0 radical (unpaired) electrons. The second kappa shape index (κ2) is 7.64. The Kier molecular flexibility index (Phi) is 4.65. The molecule has 6 rings (SSSR count). The average Bonchev–Trinajstić information content (AvgIpc) is 3.23. The van der Waals surface area contributed by atoms with Crippen LogP contribution in [0.15, 0.2) is 54.6 Å². The number of aromatic nitrogens is 2. The number of ether oxygens (including phenoxy) is 1. The van der Waals surface area contributed by atoms with Crippen molar-refractivity contribution < 1.29 is 4.74 Å². The molecule has 30 heavy (non-hydrogen) atoms. The van der Waals surface area contributed by atoms with Crippen LogP contribution in [0, 0.1) is 17.8 Å². The quantitative estimate of drug-likeness (QED) is 0.700. The number of likely N-dealkylation sites (tertiary alicyclic amines) is 1. The molecule has 0 bridgehead atoms. The summed E-state index contributed by atoms with van der Waals surface area (Å²) < 4.78 is 5.49. The second-order valence-corrected chi connectivity index (χ2v) is 9.14. The fourth-order valence-electron chi connectivity index (χ4n) is 5.35. The highest BCUT2D eigenvalue weighted by atomic mass is 16.5. The zero-order valence-corrected chi connectivity index (χ0v) is 17.2. The molecule has 3 heterocycles. The van der Waals surface area contributed by atoms with E-state index in [1.165, 1.54) is 43.2 Å². The predicted octanol–water partition coefficient (Wildman–Crippen LogP) is 4.07. The number of rotatable bonds is 5. The number of nitrogens with one attached hydrogen (secondary N) is 1. The Hall–Kier alpha value is -2.50. The van der Waals surface area contributed by atoms with Crippen LogP contribution in [0.4, 0.5) is 5.82 Å². The molecular weight excluding hydrogens is 372 g/mol. The molecule has 5 heteroatoms. The zero-order valence-electron chi connectivity index (χ0n) is 17.2. The number of fused-ring (bicyclic) bond motifs is 2. The number of anilines is 1. The second-order valence-electron chi connectivity index (χ2n) is 9.14. The summed E-state index contributed by atoms with van der Waals surface area (Å²) in [5.74, 6) is 3.27. The molecule has 3 aliphatic rings. The lowest BCUT2D eigenvalue weighted by atomic mass is 10.00. The Morgan fingerprint density at radius 2 is 1.70 bits per heavy atom. The van der Waals surface area contributed by atoms with Crippen LogP contribution in [-0.2, 0) is 4.74 Å². The lowest BCUT2D eigenvalue weighted by molar-refractivity contribution is 0.0540. The van der Waals surface area contributed by atoms with E-state index in [1.54, 1.807) is 0 Å². The van der Waals surface area contributed by atoms with Crippen LogP contribution >= 0.6 is 0 Å². The van der Waals surface area contributed by atoms with Gasteiger partial charge in [-0.05, 0) is 59.6 Å². The van der Waals surface area contributed by atoms with Crippen molar-refractivity contribution in [2.75, 3.05) is 38.2 Å². The van der Waals surface area contributed by atoms with E-state index < -0.39 is 0 Å². The summed E-state index contributed by atoms with van der Waals surface area (Å²) in [6.45, 7) is 5.60. The van der Waals surface area contributed by atoms with Crippen LogP contribution in [-0.4, -0.2) is 54.0 Å². The van der Waals surface area contributed by atoms with Gasteiger partial charge in [0.1, 0.15) is 5.82 Å². The predicted molar refractivity (Wildman–Crippen MR) is 119 cm³/mol. The molecule has 5 nitrogen and oxygen atoms in total. The van der Waals surface area contributed by atoms with Crippen molar-refractivity contribution in [2.45, 2.75) is 18.9 Å². The maximum Gasteiger partial charge on any atom is 0.148 e.